The van der Waals surface area contributed by atoms with Crippen molar-refractivity contribution in [2.24, 2.45) is 0 Å². The molecule has 8 heteroatoms. The number of aryl methyl sites for hydroxylation is 1. The van der Waals surface area contributed by atoms with Crippen molar-refractivity contribution >= 4 is 21.4 Å². The Morgan fingerprint density at radius 3 is 2.70 bits per heavy atom. The monoisotopic (exact) mass is 349 g/mol. The van der Waals surface area contributed by atoms with Crippen molar-refractivity contribution in [3.8, 4) is 21.7 Å². The van der Waals surface area contributed by atoms with Gasteiger partial charge >= 0.3 is 0 Å². The van der Waals surface area contributed by atoms with Crippen LogP contribution in [0.3, 0.4) is 0 Å². The quantitative estimate of drug-likeness (QED) is 0.679. The van der Waals surface area contributed by atoms with E-state index in [0.29, 0.717) is 16.1 Å². The molecule has 23 heavy (non-hydrogen) atoms. The van der Waals surface area contributed by atoms with E-state index in [9.17, 15) is 12.8 Å². The zero-order chi connectivity index (χ0) is 16.6. The van der Waals surface area contributed by atoms with Crippen molar-refractivity contribution in [1.29, 1.82) is 0 Å². The molecule has 0 spiro atoms. The van der Waals surface area contributed by atoms with Gasteiger partial charge in [0.05, 0.1) is 16.3 Å². The van der Waals surface area contributed by atoms with Crippen molar-refractivity contribution < 1.29 is 12.8 Å². The Kier molecular flexibility index (Phi) is 3.95. The van der Waals surface area contributed by atoms with Crippen molar-refractivity contribution in [2.45, 2.75) is 12.1 Å². The summed E-state index contributed by atoms with van der Waals surface area (Å²) < 4.78 is 41.1. The number of aromatic nitrogens is 3. The molecule has 3 rings (SSSR count). The minimum absolute atomic E-state index is 0.244. The molecule has 118 valence electrons. The van der Waals surface area contributed by atoms with Crippen LogP contribution < -0.4 is 0 Å². The second kappa shape index (κ2) is 5.78. The predicted molar refractivity (Wildman–Crippen MR) is 86.4 cm³/mol. The van der Waals surface area contributed by atoms with E-state index in [-0.39, 0.29) is 11.0 Å². The van der Waals surface area contributed by atoms with Crippen LogP contribution in [0.2, 0.25) is 0 Å². The Hall–Kier alpha value is -2.19. The molecule has 0 aliphatic heterocycles. The first-order chi connectivity index (χ1) is 10.9. The van der Waals surface area contributed by atoms with Crippen LogP contribution in [0.5, 0.6) is 0 Å². The highest BCUT2D eigenvalue weighted by Crippen LogP contribution is 2.37. The second-order valence-corrected chi connectivity index (χ2v) is 7.66. The Morgan fingerprint density at radius 2 is 2.00 bits per heavy atom. The van der Waals surface area contributed by atoms with Gasteiger partial charge in [0, 0.05) is 18.0 Å². The lowest BCUT2D eigenvalue weighted by atomic mass is 10.0. The van der Waals surface area contributed by atoms with Crippen LogP contribution >= 0.6 is 11.5 Å². The summed E-state index contributed by atoms with van der Waals surface area (Å²) in [7, 11) is -3.51. The minimum Gasteiger partial charge on any atom is -0.227 e. The molecule has 0 aliphatic rings. The first-order valence-electron chi connectivity index (χ1n) is 6.62. The van der Waals surface area contributed by atoms with Crippen molar-refractivity contribution in [1.82, 2.24) is 14.3 Å². The molecule has 2 aromatic heterocycles. The molecule has 0 atom stereocenters. The second-order valence-electron chi connectivity index (χ2n) is 4.98. The predicted octanol–water partition coefficient (Wildman–Crippen LogP) is 3.12. The molecule has 5 nitrogen and oxygen atoms in total. The maximum atomic E-state index is 13.5. The molecule has 1 aromatic carbocycles. The maximum Gasteiger partial charge on any atom is 0.247 e. The van der Waals surface area contributed by atoms with Gasteiger partial charge in [-0.1, -0.05) is 12.1 Å². The standard InChI is InChI=1S/C15H12FN3O2S2/c1-9-13(10-4-3-5-11(16)8-10)14(22-19-9)12-6-7-17-15(18-12)23(2,20)21/h3-8H,1-2H3. The van der Waals surface area contributed by atoms with Crippen LogP contribution in [0.25, 0.3) is 21.7 Å². The normalized spacial score (nSPS) is 11.6. The molecular formula is C15H12FN3O2S2. The minimum atomic E-state index is -3.51. The lowest BCUT2D eigenvalue weighted by Crippen LogP contribution is -2.04. The molecule has 0 bridgehead atoms. The van der Waals surface area contributed by atoms with Gasteiger partial charge in [-0.2, -0.15) is 4.37 Å². The van der Waals surface area contributed by atoms with Gasteiger partial charge in [0.25, 0.3) is 0 Å². The third-order valence-electron chi connectivity index (χ3n) is 3.17. The molecular weight excluding hydrogens is 337 g/mol. The average molecular weight is 349 g/mol. The fraction of sp³-hybridized carbons (Fsp3) is 0.133. The molecule has 0 radical (unpaired) electrons. The number of benzene rings is 1. The van der Waals surface area contributed by atoms with Gasteiger partial charge in [-0.15, -0.1) is 0 Å². The zero-order valence-electron chi connectivity index (χ0n) is 12.3. The van der Waals surface area contributed by atoms with E-state index in [2.05, 4.69) is 14.3 Å². The average Bonchev–Trinajstić information content (AvgIpc) is 2.88. The van der Waals surface area contributed by atoms with Gasteiger partial charge in [0.2, 0.25) is 15.0 Å². The molecule has 0 fully saturated rings. The van der Waals surface area contributed by atoms with Crippen molar-refractivity contribution in [2.75, 3.05) is 6.26 Å². The molecule has 0 unspecified atom stereocenters. The molecule has 3 aromatic rings. The Balaban J connectivity index is 2.20. The maximum absolute atomic E-state index is 13.5. The van der Waals surface area contributed by atoms with Gasteiger partial charge in [0.15, 0.2) is 0 Å². The summed E-state index contributed by atoms with van der Waals surface area (Å²) in [5, 5.41) is -0.244. The van der Waals surface area contributed by atoms with E-state index < -0.39 is 9.84 Å². The van der Waals surface area contributed by atoms with Gasteiger partial charge in [0.1, 0.15) is 5.82 Å². The molecule has 0 amide bonds. The number of hydrogen-bond donors (Lipinski definition) is 0. The fourth-order valence-electron chi connectivity index (χ4n) is 2.17. The first-order valence-corrected chi connectivity index (χ1v) is 9.28. The van der Waals surface area contributed by atoms with E-state index >= 15 is 0 Å². The van der Waals surface area contributed by atoms with Crippen LogP contribution in [-0.2, 0) is 9.84 Å². The summed E-state index contributed by atoms with van der Waals surface area (Å²) in [6.45, 7) is 1.82. The summed E-state index contributed by atoms with van der Waals surface area (Å²) >= 11 is 1.19. The lowest BCUT2D eigenvalue weighted by molar-refractivity contribution is 0.593. The molecule has 0 N–H and O–H groups in total. The van der Waals surface area contributed by atoms with Crippen LogP contribution in [-0.4, -0.2) is 29.0 Å². The fourth-order valence-corrected chi connectivity index (χ4v) is 3.57. The zero-order valence-corrected chi connectivity index (χ0v) is 13.9. The van der Waals surface area contributed by atoms with E-state index in [1.165, 1.54) is 29.9 Å². The largest absolute Gasteiger partial charge is 0.247 e. The summed E-state index contributed by atoms with van der Waals surface area (Å²) in [4.78, 5) is 8.58. The highest BCUT2D eigenvalue weighted by Gasteiger charge is 2.18. The van der Waals surface area contributed by atoms with Crippen molar-refractivity contribution in [3.63, 3.8) is 0 Å². The summed E-state index contributed by atoms with van der Waals surface area (Å²) in [5.41, 5.74) is 2.60. The molecule has 2 heterocycles. The summed E-state index contributed by atoms with van der Waals surface area (Å²) in [5.74, 6) is -0.349. The molecule has 0 aliphatic carbocycles. The summed E-state index contributed by atoms with van der Waals surface area (Å²) in [6, 6.07) is 7.80. The Morgan fingerprint density at radius 1 is 1.22 bits per heavy atom. The Labute approximate surface area is 137 Å². The Bertz CT molecular complexity index is 984. The smallest absolute Gasteiger partial charge is 0.227 e. The molecule has 0 saturated heterocycles. The lowest BCUT2D eigenvalue weighted by Gasteiger charge is -2.05. The van der Waals surface area contributed by atoms with Crippen LogP contribution in [0, 0.1) is 12.7 Å². The van der Waals surface area contributed by atoms with E-state index in [4.69, 9.17) is 0 Å². The first kappa shape index (κ1) is 15.7. The van der Waals surface area contributed by atoms with Crippen LogP contribution in [0.4, 0.5) is 4.39 Å². The van der Waals surface area contributed by atoms with Gasteiger partial charge in [-0.25, -0.2) is 22.8 Å². The highest BCUT2D eigenvalue weighted by molar-refractivity contribution is 7.90. The van der Waals surface area contributed by atoms with E-state index in [1.54, 1.807) is 18.2 Å². The number of hydrogen-bond acceptors (Lipinski definition) is 6. The molecule has 0 saturated carbocycles. The SMILES string of the molecule is Cc1nsc(-c2ccnc(S(C)(=O)=O)n2)c1-c1cccc(F)c1. The van der Waals surface area contributed by atoms with Gasteiger partial charge in [-0.05, 0) is 42.2 Å². The number of sulfone groups is 1. The number of nitrogens with zero attached hydrogens (tertiary/aromatic N) is 3. The number of halogens is 1. The third-order valence-corrected chi connectivity index (χ3v) is 4.99. The third kappa shape index (κ3) is 3.13. The van der Waals surface area contributed by atoms with Crippen LogP contribution in [0.1, 0.15) is 5.69 Å². The van der Waals surface area contributed by atoms with Crippen molar-refractivity contribution in [3.05, 3.63) is 48.0 Å². The van der Waals surface area contributed by atoms with Crippen LogP contribution in [0.15, 0.2) is 41.7 Å². The summed E-state index contributed by atoms with van der Waals surface area (Å²) in [6.07, 6.45) is 2.45. The van der Waals surface area contributed by atoms with E-state index in [1.807, 2.05) is 6.92 Å². The van der Waals surface area contributed by atoms with E-state index in [0.717, 1.165) is 17.5 Å². The van der Waals surface area contributed by atoms with Gasteiger partial charge in [-0.3, -0.25) is 0 Å². The topological polar surface area (TPSA) is 72.8 Å². The van der Waals surface area contributed by atoms with Gasteiger partial charge < -0.3 is 0 Å². The number of rotatable bonds is 3. The highest BCUT2D eigenvalue weighted by atomic mass is 32.2.